The van der Waals surface area contributed by atoms with E-state index in [2.05, 4.69) is 26.0 Å². The second-order valence-corrected chi connectivity index (χ2v) is 8.32. The second-order valence-electron chi connectivity index (χ2n) is 7.40. The van der Waals surface area contributed by atoms with E-state index in [9.17, 15) is 9.59 Å². The number of carbonyl (C=O) groups excluding carboxylic acids is 1. The molecule has 3 aromatic carbocycles. The van der Waals surface area contributed by atoms with Gasteiger partial charge in [-0.25, -0.2) is 4.98 Å². The lowest BCUT2D eigenvalue weighted by molar-refractivity contribution is -0.119. The molecule has 2 aromatic heterocycles. The zero-order valence-electron chi connectivity index (χ0n) is 17.6. The van der Waals surface area contributed by atoms with Gasteiger partial charge in [0.25, 0.3) is 11.5 Å². The number of ether oxygens (including phenoxy) is 1. The van der Waals surface area contributed by atoms with Crippen LogP contribution < -0.4 is 16.0 Å². The average Bonchev–Trinajstić information content (AvgIpc) is 3.27. The van der Waals surface area contributed by atoms with Gasteiger partial charge >= 0.3 is 0 Å². The quantitative estimate of drug-likeness (QED) is 0.337. The first-order valence-electron chi connectivity index (χ1n) is 10.3. The summed E-state index contributed by atoms with van der Waals surface area (Å²) in [5.74, 6) is 0.442. The van der Waals surface area contributed by atoms with Gasteiger partial charge in [0, 0.05) is 15.4 Å². The van der Waals surface area contributed by atoms with E-state index in [0.717, 1.165) is 9.86 Å². The summed E-state index contributed by atoms with van der Waals surface area (Å²) in [6.07, 6.45) is 1.46. The molecule has 0 spiro atoms. The topological polar surface area (TPSA) is 113 Å². The third kappa shape index (κ3) is 4.20. The summed E-state index contributed by atoms with van der Waals surface area (Å²) in [5.41, 5.74) is 6.58. The van der Waals surface area contributed by atoms with E-state index in [4.69, 9.17) is 14.9 Å². The van der Waals surface area contributed by atoms with E-state index >= 15 is 0 Å². The SMILES string of the molecule is NC(=O)COc1ccc(Br)cc1/C=N\n1c(-c2cc3ccccc3o2)nc2ccccc2c1=O. The average molecular weight is 517 g/mol. The highest BCUT2D eigenvalue weighted by Crippen LogP contribution is 2.27. The fourth-order valence-electron chi connectivity index (χ4n) is 3.50. The van der Waals surface area contributed by atoms with E-state index in [1.165, 1.54) is 10.9 Å². The molecule has 0 bridgehead atoms. The summed E-state index contributed by atoms with van der Waals surface area (Å²) >= 11 is 3.42. The fourth-order valence-corrected chi connectivity index (χ4v) is 3.88. The molecule has 5 rings (SSSR count). The van der Waals surface area contributed by atoms with Crippen LogP contribution >= 0.6 is 15.9 Å². The zero-order chi connectivity index (χ0) is 23.7. The van der Waals surface area contributed by atoms with Crippen molar-refractivity contribution in [2.24, 2.45) is 10.8 Å². The maximum Gasteiger partial charge on any atom is 0.282 e. The van der Waals surface area contributed by atoms with Gasteiger partial charge in [-0.1, -0.05) is 46.3 Å². The third-order valence-electron chi connectivity index (χ3n) is 5.05. The van der Waals surface area contributed by atoms with Crippen molar-refractivity contribution in [1.82, 2.24) is 9.66 Å². The minimum Gasteiger partial charge on any atom is -0.483 e. The molecule has 8 nitrogen and oxygen atoms in total. The molecule has 9 heteroatoms. The Bertz CT molecular complexity index is 1600. The van der Waals surface area contributed by atoms with E-state index in [-0.39, 0.29) is 18.0 Å². The number of aromatic nitrogens is 2. The second kappa shape index (κ2) is 8.95. The summed E-state index contributed by atoms with van der Waals surface area (Å²) in [4.78, 5) is 29.2. The predicted molar refractivity (Wildman–Crippen MR) is 133 cm³/mol. The number of benzene rings is 3. The van der Waals surface area contributed by atoms with E-state index < -0.39 is 5.91 Å². The Morgan fingerprint density at radius 2 is 1.91 bits per heavy atom. The molecular weight excluding hydrogens is 500 g/mol. The highest BCUT2D eigenvalue weighted by atomic mass is 79.9. The summed E-state index contributed by atoms with van der Waals surface area (Å²) in [7, 11) is 0. The molecule has 0 radical (unpaired) electrons. The molecule has 0 unspecified atom stereocenters. The van der Waals surface area contributed by atoms with Crippen molar-refractivity contribution in [3.63, 3.8) is 0 Å². The number of para-hydroxylation sites is 2. The van der Waals surface area contributed by atoms with Crippen LogP contribution in [0.4, 0.5) is 0 Å². The van der Waals surface area contributed by atoms with Crippen LogP contribution in [0.5, 0.6) is 5.75 Å². The molecule has 0 atom stereocenters. The Morgan fingerprint density at radius 3 is 2.74 bits per heavy atom. The van der Waals surface area contributed by atoms with Crippen molar-refractivity contribution < 1.29 is 13.9 Å². The molecule has 0 aliphatic rings. The van der Waals surface area contributed by atoms with Crippen molar-refractivity contribution >= 4 is 49.9 Å². The number of furan rings is 1. The zero-order valence-corrected chi connectivity index (χ0v) is 19.2. The number of nitrogens with zero attached hydrogens (tertiary/aromatic N) is 3. The van der Waals surface area contributed by atoms with Gasteiger partial charge < -0.3 is 14.9 Å². The van der Waals surface area contributed by atoms with Gasteiger partial charge in [-0.3, -0.25) is 9.59 Å². The van der Waals surface area contributed by atoms with Crippen LogP contribution in [0, 0.1) is 0 Å². The number of amides is 1. The number of rotatable bonds is 6. The molecule has 2 heterocycles. The largest absolute Gasteiger partial charge is 0.483 e. The van der Waals surface area contributed by atoms with Crippen LogP contribution in [0.2, 0.25) is 0 Å². The number of primary amides is 1. The molecule has 1 amide bonds. The van der Waals surface area contributed by atoms with Gasteiger partial charge in [-0.15, -0.1) is 0 Å². The predicted octanol–water partition coefficient (Wildman–Crippen LogP) is 4.32. The van der Waals surface area contributed by atoms with Crippen molar-refractivity contribution in [2.75, 3.05) is 6.61 Å². The number of hydrogen-bond acceptors (Lipinski definition) is 6. The van der Waals surface area contributed by atoms with Crippen LogP contribution in [0.15, 0.2) is 91.6 Å². The maximum atomic E-state index is 13.4. The highest BCUT2D eigenvalue weighted by molar-refractivity contribution is 9.10. The van der Waals surface area contributed by atoms with Gasteiger partial charge in [0.1, 0.15) is 11.3 Å². The first kappa shape index (κ1) is 21.6. The van der Waals surface area contributed by atoms with Crippen molar-refractivity contribution in [3.8, 4) is 17.3 Å². The minimum absolute atomic E-state index is 0.255. The molecule has 5 aromatic rings. The lowest BCUT2D eigenvalue weighted by Gasteiger charge is -2.09. The number of carbonyl (C=O) groups is 1. The van der Waals surface area contributed by atoms with Crippen LogP contribution in [0.25, 0.3) is 33.5 Å². The van der Waals surface area contributed by atoms with Crippen molar-refractivity contribution in [3.05, 3.63) is 93.2 Å². The number of nitrogens with two attached hydrogens (primary N) is 1. The number of halogens is 1. The molecule has 0 saturated carbocycles. The standard InChI is InChI=1S/C25H17BrN4O4/c26-17-9-10-20(33-14-23(27)31)16(11-17)13-28-30-24(22-12-15-5-1-4-8-21(15)34-22)29-19-7-3-2-6-18(19)25(30)32/h1-13H,14H2,(H2,27,31)/b28-13-. The van der Waals surface area contributed by atoms with E-state index in [1.54, 1.807) is 36.4 Å². The summed E-state index contributed by atoms with van der Waals surface area (Å²) in [5, 5.41) is 5.74. The Labute approximate surface area is 201 Å². The molecule has 0 fully saturated rings. The summed E-state index contributed by atoms with van der Waals surface area (Å²) in [6.45, 7) is -0.288. The Balaban J connectivity index is 1.68. The number of fused-ring (bicyclic) bond motifs is 2. The fraction of sp³-hybridized carbons (Fsp3) is 0.0400. The molecule has 168 valence electrons. The Kier molecular flexibility index (Phi) is 5.69. The monoisotopic (exact) mass is 516 g/mol. The lowest BCUT2D eigenvalue weighted by atomic mass is 10.2. The van der Waals surface area contributed by atoms with Crippen LogP contribution in [0.3, 0.4) is 0 Å². The number of hydrogen-bond donors (Lipinski definition) is 1. The van der Waals surface area contributed by atoms with Gasteiger partial charge in [-0.05, 0) is 42.5 Å². The first-order chi connectivity index (χ1) is 16.5. The van der Waals surface area contributed by atoms with Crippen LogP contribution in [-0.4, -0.2) is 28.4 Å². The van der Waals surface area contributed by atoms with Crippen LogP contribution in [0.1, 0.15) is 5.56 Å². The Morgan fingerprint density at radius 1 is 1.12 bits per heavy atom. The third-order valence-corrected chi connectivity index (χ3v) is 5.55. The minimum atomic E-state index is -0.604. The van der Waals surface area contributed by atoms with Crippen LogP contribution in [-0.2, 0) is 4.79 Å². The first-order valence-corrected chi connectivity index (χ1v) is 11.0. The molecule has 0 saturated heterocycles. The molecular formula is C25H17BrN4O4. The van der Waals surface area contributed by atoms with Crippen molar-refractivity contribution in [1.29, 1.82) is 0 Å². The van der Waals surface area contributed by atoms with E-state index in [1.807, 2.05) is 36.4 Å². The molecule has 2 N–H and O–H groups in total. The van der Waals surface area contributed by atoms with Crippen molar-refractivity contribution in [2.45, 2.75) is 0 Å². The Hall–Kier alpha value is -4.24. The smallest absolute Gasteiger partial charge is 0.282 e. The maximum absolute atomic E-state index is 13.4. The van der Waals surface area contributed by atoms with Gasteiger partial charge in [0.05, 0.1) is 17.1 Å². The normalized spacial score (nSPS) is 11.4. The summed E-state index contributed by atoms with van der Waals surface area (Å²) < 4.78 is 13.4. The summed E-state index contributed by atoms with van der Waals surface area (Å²) in [6, 6.07) is 21.6. The van der Waals surface area contributed by atoms with Gasteiger partial charge in [0.15, 0.2) is 12.4 Å². The van der Waals surface area contributed by atoms with Gasteiger partial charge in [0.2, 0.25) is 5.82 Å². The van der Waals surface area contributed by atoms with Gasteiger partial charge in [-0.2, -0.15) is 9.78 Å². The molecule has 0 aliphatic heterocycles. The lowest BCUT2D eigenvalue weighted by Crippen LogP contribution is -2.21. The van der Waals surface area contributed by atoms with E-state index in [0.29, 0.717) is 33.6 Å². The molecule has 34 heavy (non-hydrogen) atoms. The molecule has 0 aliphatic carbocycles. The highest BCUT2D eigenvalue weighted by Gasteiger charge is 2.16.